The van der Waals surface area contributed by atoms with Gasteiger partial charge in [0.05, 0.1) is 11.6 Å². The second kappa shape index (κ2) is 9.05. The fraction of sp³-hybridized carbons (Fsp3) is 0.190. The van der Waals surface area contributed by atoms with Crippen molar-refractivity contribution < 1.29 is 4.79 Å². The van der Waals surface area contributed by atoms with Crippen LogP contribution in [0.15, 0.2) is 54.1 Å². The van der Waals surface area contributed by atoms with E-state index in [1.807, 2.05) is 36.4 Å². The first-order chi connectivity index (χ1) is 12.2. The molecule has 0 unspecified atom stereocenters. The van der Waals surface area contributed by atoms with E-state index >= 15 is 0 Å². The van der Waals surface area contributed by atoms with Gasteiger partial charge in [-0.15, -0.1) is 0 Å². The van der Waals surface area contributed by atoms with Gasteiger partial charge >= 0.3 is 0 Å². The molecule has 0 aliphatic heterocycles. The highest BCUT2D eigenvalue weighted by Crippen LogP contribution is 2.14. The molecule has 0 saturated carbocycles. The fourth-order valence-electron chi connectivity index (χ4n) is 2.30. The predicted octanol–water partition coefficient (Wildman–Crippen LogP) is 4.45. The third kappa shape index (κ3) is 5.34. The number of rotatable bonds is 6. The predicted molar refractivity (Wildman–Crippen MR) is 98.4 cm³/mol. The minimum atomic E-state index is -0.451. The molecule has 2 aromatic rings. The van der Waals surface area contributed by atoms with Crippen LogP contribution < -0.4 is 5.32 Å². The van der Waals surface area contributed by atoms with Crippen molar-refractivity contribution in [2.45, 2.75) is 26.2 Å². The first-order valence-corrected chi connectivity index (χ1v) is 8.18. The molecule has 124 valence electrons. The molecule has 0 saturated heterocycles. The molecule has 0 bridgehead atoms. The number of benzene rings is 2. The van der Waals surface area contributed by atoms with Crippen molar-refractivity contribution in [1.82, 2.24) is 0 Å². The Hall–Kier alpha value is -3.37. The van der Waals surface area contributed by atoms with Crippen LogP contribution in [0, 0.1) is 22.7 Å². The average Bonchev–Trinajstić information content (AvgIpc) is 2.66. The minimum absolute atomic E-state index is 0.0137. The summed E-state index contributed by atoms with van der Waals surface area (Å²) in [6, 6.07) is 18.3. The second-order valence-corrected chi connectivity index (χ2v) is 5.66. The minimum Gasteiger partial charge on any atom is -0.321 e. The Morgan fingerprint density at radius 3 is 2.32 bits per heavy atom. The number of hydrogen-bond acceptors (Lipinski definition) is 3. The molecule has 4 nitrogen and oxygen atoms in total. The molecule has 0 spiro atoms. The van der Waals surface area contributed by atoms with Gasteiger partial charge in [-0.25, -0.2) is 0 Å². The van der Waals surface area contributed by atoms with Crippen molar-refractivity contribution in [2.24, 2.45) is 0 Å². The number of hydrogen-bond donors (Lipinski definition) is 1. The van der Waals surface area contributed by atoms with Crippen molar-refractivity contribution in [3.63, 3.8) is 0 Å². The van der Waals surface area contributed by atoms with E-state index in [9.17, 15) is 10.1 Å². The zero-order valence-electron chi connectivity index (χ0n) is 14.1. The van der Waals surface area contributed by atoms with Gasteiger partial charge in [-0.05, 0) is 54.3 Å². The molecule has 4 heteroatoms. The zero-order valence-corrected chi connectivity index (χ0v) is 14.1. The summed E-state index contributed by atoms with van der Waals surface area (Å²) in [5, 5.41) is 20.8. The molecule has 0 fully saturated rings. The van der Waals surface area contributed by atoms with Crippen LogP contribution in [-0.4, -0.2) is 5.91 Å². The summed E-state index contributed by atoms with van der Waals surface area (Å²) in [5.41, 5.74) is 3.13. The van der Waals surface area contributed by atoms with Gasteiger partial charge in [-0.1, -0.05) is 37.6 Å². The lowest BCUT2D eigenvalue weighted by molar-refractivity contribution is -0.112. The molecule has 2 rings (SSSR count). The summed E-state index contributed by atoms with van der Waals surface area (Å²) in [5.74, 6) is -0.451. The molecule has 2 aromatic carbocycles. The van der Waals surface area contributed by atoms with Gasteiger partial charge < -0.3 is 5.32 Å². The summed E-state index contributed by atoms with van der Waals surface area (Å²) in [7, 11) is 0. The van der Waals surface area contributed by atoms with E-state index in [4.69, 9.17) is 5.26 Å². The Morgan fingerprint density at radius 1 is 1.08 bits per heavy atom. The maximum absolute atomic E-state index is 12.3. The third-order valence-electron chi connectivity index (χ3n) is 3.75. The quantitative estimate of drug-likeness (QED) is 0.628. The number of amides is 1. The lowest BCUT2D eigenvalue weighted by Gasteiger charge is -2.06. The third-order valence-corrected chi connectivity index (χ3v) is 3.75. The Balaban J connectivity index is 2.07. The van der Waals surface area contributed by atoms with Crippen molar-refractivity contribution in [1.29, 1.82) is 10.5 Å². The molecule has 0 aliphatic rings. The van der Waals surface area contributed by atoms with Crippen molar-refractivity contribution in [3.05, 3.63) is 70.8 Å². The van der Waals surface area contributed by atoms with Crippen LogP contribution in [0.3, 0.4) is 0 Å². The highest BCUT2D eigenvalue weighted by molar-refractivity contribution is 6.09. The van der Waals surface area contributed by atoms with Crippen LogP contribution in [0.1, 0.15) is 36.5 Å². The maximum atomic E-state index is 12.3. The van der Waals surface area contributed by atoms with E-state index in [2.05, 4.69) is 12.2 Å². The van der Waals surface area contributed by atoms with Crippen molar-refractivity contribution in [3.8, 4) is 12.1 Å². The number of carbonyl (C=O) groups is 1. The van der Waals surface area contributed by atoms with Gasteiger partial charge in [-0.2, -0.15) is 10.5 Å². The molecule has 1 amide bonds. The Kier molecular flexibility index (Phi) is 6.51. The number of nitrogens with zero attached hydrogens (tertiary/aromatic N) is 2. The second-order valence-electron chi connectivity index (χ2n) is 5.66. The van der Waals surface area contributed by atoms with Gasteiger partial charge in [0.25, 0.3) is 5.91 Å². The summed E-state index contributed by atoms with van der Waals surface area (Å²) in [6.07, 6.45) is 4.81. The number of carbonyl (C=O) groups excluding carboxylic acids is 1. The topological polar surface area (TPSA) is 76.7 Å². The fourth-order valence-corrected chi connectivity index (χ4v) is 2.30. The van der Waals surface area contributed by atoms with Gasteiger partial charge in [0.2, 0.25) is 0 Å². The Bertz CT molecular complexity index is 835. The van der Waals surface area contributed by atoms with E-state index in [1.165, 1.54) is 11.6 Å². The molecular weight excluding hydrogens is 310 g/mol. The molecule has 0 aromatic heterocycles. The molecule has 25 heavy (non-hydrogen) atoms. The number of nitriles is 2. The molecular formula is C21H19N3O. The number of anilines is 1. The van der Waals surface area contributed by atoms with E-state index in [0.717, 1.165) is 19.3 Å². The van der Waals surface area contributed by atoms with E-state index in [1.54, 1.807) is 24.3 Å². The van der Waals surface area contributed by atoms with Crippen LogP contribution in [0.2, 0.25) is 0 Å². The molecule has 0 aliphatic carbocycles. The first kappa shape index (κ1) is 18.0. The number of aryl methyl sites for hydroxylation is 1. The van der Waals surface area contributed by atoms with Crippen LogP contribution in [-0.2, 0) is 11.2 Å². The van der Waals surface area contributed by atoms with Crippen molar-refractivity contribution in [2.75, 3.05) is 5.32 Å². The van der Waals surface area contributed by atoms with Crippen LogP contribution in [0.5, 0.6) is 0 Å². The highest BCUT2D eigenvalue weighted by Gasteiger charge is 2.09. The molecule has 1 N–H and O–H groups in total. The molecule has 0 atom stereocenters. The van der Waals surface area contributed by atoms with E-state index in [-0.39, 0.29) is 5.57 Å². The summed E-state index contributed by atoms with van der Waals surface area (Å²) in [6.45, 7) is 2.15. The lowest BCUT2D eigenvalue weighted by Crippen LogP contribution is -2.13. The standard InChI is InChI=1S/C21H19N3O/c1-2-3-4-16-9-11-20(12-10-16)24-21(25)19(15-23)13-17-5-7-18(14-22)8-6-17/h5-13H,2-4H2,1H3,(H,24,25). The number of nitrogens with one attached hydrogen (secondary N) is 1. The van der Waals surface area contributed by atoms with Crippen LogP contribution >= 0.6 is 0 Å². The monoisotopic (exact) mass is 329 g/mol. The summed E-state index contributed by atoms with van der Waals surface area (Å²) < 4.78 is 0. The summed E-state index contributed by atoms with van der Waals surface area (Å²) in [4.78, 5) is 12.3. The summed E-state index contributed by atoms with van der Waals surface area (Å²) >= 11 is 0. The Labute approximate surface area is 148 Å². The maximum Gasteiger partial charge on any atom is 0.266 e. The van der Waals surface area contributed by atoms with Gasteiger partial charge in [0.1, 0.15) is 11.6 Å². The molecule has 0 radical (unpaired) electrons. The van der Waals surface area contributed by atoms with Crippen LogP contribution in [0.4, 0.5) is 5.69 Å². The largest absolute Gasteiger partial charge is 0.321 e. The number of unbranched alkanes of at least 4 members (excludes halogenated alkanes) is 1. The SMILES string of the molecule is CCCCc1ccc(NC(=O)C(C#N)=Cc2ccc(C#N)cc2)cc1. The molecule has 0 heterocycles. The van der Waals surface area contributed by atoms with Gasteiger partial charge in [0.15, 0.2) is 0 Å². The first-order valence-electron chi connectivity index (χ1n) is 8.18. The zero-order chi connectivity index (χ0) is 18.1. The van der Waals surface area contributed by atoms with Crippen LogP contribution in [0.25, 0.3) is 6.08 Å². The Morgan fingerprint density at radius 2 is 1.76 bits per heavy atom. The smallest absolute Gasteiger partial charge is 0.266 e. The van der Waals surface area contributed by atoms with Crippen molar-refractivity contribution >= 4 is 17.7 Å². The van der Waals surface area contributed by atoms with E-state index < -0.39 is 5.91 Å². The normalized spacial score (nSPS) is 10.6. The van der Waals surface area contributed by atoms with Gasteiger partial charge in [0, 0.05) is 5.69 Å². The average molecular weight is 329 g/mol. The van der Waals surface area contributed by atoms with Gasteiger partial charge in [-0.3, -0.25) is 4.79 Å². The van der Waals surface area contributed by atoms with E-state index in [0.29, 0.717) is 16.8 Å². The lowest BCUT2D eigenvalue weighted by atomic mass is 10.1. The highest BCUT2D eigenvalue weighted by atomic mass is 16.1.